The monoisotopic (exact) mass is 132 g/mol. The van der Waals surface area contributed by atoms with Gasteiger partial charge in [-0.3, -0.25) is 0 Å². The Bertz CT molecular complexity index is 238. The Morgan fingerprint density at radius 3 is 2.60 bits per heavy atom. The van der Waals surface area contributed by atoms with Crippen LogP contribution in [0.25, 0.3) is 6.08 Å². The van der Waals surface area contributed by atoms with Gasteiger partial charge in [0.05, 0.1) is 0 Å². The maximum Gasteiger partial charge on any atom is 0.0387 e. The van der Waals surface area contributed by atoms with E-state index < -0.39 is 0 Å². The van der Waals surface area contributed by atoms with Crippen LogP contribution in [-0.2, 0) is 0 Å². The molecule has 1 aromatic carbocycles. The molecule has 51 valence electrons. The smallest absolute Gasteiger partial charge is 0.0387 e. The van der Waals surface area contributed by atoms with E-state index in [2.05, 4.69) is 6.92 Å². The second kappa shape index (κ2) is 3.06. The first-order valence-corrected chi connectivity index (χ1v) is 3.15. The van der Waals surface area contributed by atoms with Crippen molar-refractivity contribution in [2.24, 2.45) is 0 Å². The average molecular weight is 132 g/mol. The van der Waals surface area contributed by atoms with Crippen LogP contribution in [0.1, 0.15) is 5.56 Å². The van der Waals surface area contributed by atoms with E-state index in [1.807, 2.05) is 30.3 Å². The van der Waals surface area contributed by atoms with Gasteiger partial charge in [-0.15, -0.1) is 0 Å². The van der Waals surface area contributed by atoms with Crippen LogP contribution in [0, 0.1) is 6.92 Å². The van der Waals surface area contributed by atoms with Gasteiger partial charge in [0.2, 0.25) is 0 Å². The van der Waals surface area contributed by atoms with E-state index in [0.29, 0.717) is 0 Å². The molecule has 0 spiro atoms. The molecule has 1 nitrogen and oxygen atoms in total. The topological polar surface area (TPSA) is 26.0 Å². The fourth-order valence-corrected chi connectivity index (χ4v) is 0.790. The molecule has 1 aromatic rings. The molecule has 0 aliphatic rings. The summed E-state index contributed by atoms with van der Waals surface area (Å²) in [6.45, 7) is 3.59. The van der Waals surface area contributed by atoms with Crippen molar-refractivity contribution in [3.63, 3.8) is 0 Å². The van der Waals surface area contributed by atoms with Gasteiger partial charge >= 0.3 is 0 Å². The maximum atomic E-state index is 5.63. The molecule has 1 radical (unpaired) electrons. The van der Waals surface area contributed by atoms with Crippen molar-refractivity contribution in [1.82, 2.24) is 0 Å². The molecule has 0 bridgehead atoms. The maximum absolute atomic E-state index is 5.63. The van der Waals surface area contributed by atoms with Crippen molar-refractivity contribution in [2.45, 2.75) is 0 Å². The third-order valence-corrected chi connectivity index (χ3v) is 1.29. The van der Waals surface area contributed by atoms with E-state index in [4.69, 9.17) is 5.73 Å². The standard InChI is InChI=1S/C9H10N/c1-2-5-8-6-3-4-7-9(8)10/h2-7H,1,10H2/b5-2+. The largest absolute Gasteiger partial charge is 0.398 e. The van der Waals surface area contributed by atoms with Crippen LogP contribution >= 0.6 is 0 Å². The average Bonchev–Trinajstić information content (AvgIpc) is 1.94. The Hall–Kier alpha value is -1.24. The van der Waals surface area contributed by atoms with E-state index in [-0.39, 0.29) is 0 Å². The van der Waals surface area contributed by atoms with E-state index in [0.717, 1.165) is 11.3 Å². The van der Waals surface area contributed by atoms with Crippen LogP contribution < -0.4 is 5.73 Å². The molecule has 0 saturated carbocycles. The summed E-state index contributed by atoms with van der Waals surface area (Å²) in [7, 11) is 0. The Balaban J connectivity index is 3.03. The number of benzene rings is 1. The van der Waals surface area contributed by atoms with Crippen molar-refractivity contribution < 1.29 is 0 Å². The third kappa shape index (κ3) is 1.38. The molecule has 1 heteroatoms. The number of nitrogens with two attached hydrogens (primary N) is 1. The van der Waals surface area contributed by atoms with Gasteiger partial charge in [-0.1, -0.05) is 30.4 Å². The number of anilines is 1. The van der Waals surface area contributed by atoms with Crippen LogP contribution in [0.15, 0.2) is 30.3 Å². The summed E-state index contributed by atoms with van der Waals surface area (Å²) in [4.78, 5) is 0. The molecule has 0 atom stereocenters. The first-order chi connectivity index (χ1) is 4.84. The summed E-state index contributed by atoms with van der Waals surface area (Å²) < 4.78 is 0. The van der Waals surface area contributed by atoms with E-state index in [9.17, 15) is 0 Å². The van der Waals surface area contributed by atoms with E-state index >= 15 is 0 Å². The number of hydrogen-bond donors (Lipinski definition) is 1. The van der Waals surface area contributed by atoms with Gasteiger partial charge in [0.15, 0.2) is 0 Å². The molecule has 0 amide bonds. The molecular weight excluding hydrogens is 122 g/mol. The molecule has 1 rings (SSSR count). The quantitative estimate of drug-likeness (QED) is 0.582. The van der Waals surface area contributed by atoms with Gasteiger partial charge in [0.25, 0.3) is 0 Å². The Labute approximate surface area is 61.2 Å². The fourth-order valence-electron chi connectivity index (χ4n) is 0.790. The van der Waals surface area contributed by atoms with Crippen molar-refractivity contribution in [3.8, 4) is 0 Å². The van der Waals surface area contributed by atoms with Crippen LogP contribution in [0.5, 0.6) is 0 Å². The highest BCUT2D eigenvalue weighted by Crippen LogP contribution is 2.11. The zero-order valence-electron chi connectivity index (χ0n) is 5.75. The van der Waals surface area contributed by atoms with Gasteiger partial charge in [0.1, 0.15) is 0 Å². The lowest BCUT2D eigenvalue weighted by Crippen LogP contribution is -1.86. The summed E-state index contributed by atoms with van der Waals surface area (Å²) in [6, 6.07) is 7.69. The Morgan fingerprint density at radius 1 is 1.30 bits per heavy atom. The fraction of sp³-hybridized carbons (Fsp3) is 0. The molecule has 10 heavy (non-hydrogen) atoms. The third-order valence-electron chi connectivity index (χ3n) is 1.29. The lowest BCUT2D eigenvalue weighted by atomic mass is 10.2. The first kappa shape index (κ1) is 6.87. The van der Waals surface area contributed by atoms with Crippen molar-refractivity contribution in [2.75, 3.05) is 5.73 Å². The molecule has 0 aliphatic heterocycles. The van der Waals surface area contributed by atoms with Gasteiger partial charge in [-0.25, -0.2) is 0 Å². The first-order valence-electron chi connectivity index (χ1n) is 3.15. The van der Waals surface area contributed by atoms with Gasteiger partial charge in [-0.2, -0.15) is 0 Å². The lowest BCUT2D eigenvalue weighted by molar-refractivity contribution is 1.64. The molecule has 0 fully saturated rings. The predicted molar refractivity (Wildman–Crippen MR) is 45.2 cm³/mol. The summed E-state index contributed by atoms with van der Waals surface area (Å²) in [5.41, 5.74) is 7.45. The Kier molecular flexibility index (Phi) is 2.11. The molecule has 0 unspecified atom stereocenters. The highest BCUT2D eigenvalue weighted by atomic mass is 14.5. The highest BCUT2D eigenvalue weighted by molar-refractivity contribution is 5.64. The summed E-state index contributed by atoms with van der Waals surface area (Å²) in [6.07, 6.45) is 3.61. The second-order valence-electron chi connectivity index (χ2n) is 2.03. The summed E-state index contributed by atoms with van der Waals surface area (Å²) >= 11 is 0. The Morgan fingerprint density at radius 2 is 2.00 bits per heavy atom. The lowest BCUT2D eigenvalue weighted by Gasteiger charge is -1.96. The number of nitrogen functional groups attached to an aromatic ring is 1. The summed E-state index contributed by atoms with van der Waals surface area (Å²) in [5, 5.41) is 0. The normalized spacial score (nSPS) is 10.5. The summed E-state index contributed by atoms with van der Waals surface area (Å²) in [5.74, 6) is 0. The number of rotatable bonds is 1. The minimum absolute atomic E-state index is 0.794. The van der Waals surface area contributed by atoms with Crippen molar-refractivity contribution in [3.05, 3.63) is 42.8 Å². The van der Waals surface area contributed by atoms with Crippen molar-refractivity contribution >= 4 is 11.8 Å². The second-order valence-corrected chi connectivity index (χ2v) is 2.03. The van der Waals surface area contributed by atoms with Crippen LogP contribution in [0.4, 0.5) is 5.69 Å². The number of hydrogen-bond acceptors (Lipinski definition) is 1. The molecule has 0 aromatic heterocycles. The number of allylic oxidation sites excluding steroid dienone is 1. The molecule has 0 saturated heterocycles. The predicted octanol–water partition coefficient (Wildman–Crippen LogP) is 2.12. The minimum atomic E-state index is 0.794. The highest BCUT2D eigenvalue weighted by Gasteiger charge is 1.88. The zero-order chi connectivity index (χ0) is 7.40. The van der Waals surface area contributed by atoms with Crippen LogP contribution in [0.2, 0.25) is 0 Å². The molecular formula is C9H10N. The molecule has 2 N–H and O–H groups in total. The number of para-hydroxylation sites is 1. The van der Waals surface area contributed by atoms with Crippen molar-refractivity contribution in [1.29, 1.82) is 0 Å². The SMILES string of the molecule is [CH2]/C=C/c1ccccc1N. The van der Waals surface area contributed by atoms with Crippen LogP contribution in [-0.4, -0.2) is 0 Å². The van der Waals surface area contributed by atoms with E-state index in [1.54, 1.807) is 6.08 Å². The minimum Gasteiger partial charge on any atom is -0.398 e. The van der Waals surface area contributed by atoms with Gasteiger partial charge in [-0.05, 0) is 18.6 Å². The zero-order valence-corrected chi connectivity index (χ0v) is 5.75. The molecule has 0 heterocycles. The van der Waals surface area contributed by atoms with Crippen LogP contribution in [0.3, 0.4) is 0 Å². The molecule has 0 aliphatic carbocycles. The van der Waals surface area contributed by atoms with Gasteiger partial charge in [0, 0.05) is 5.69 Å². The van der Waals surface area contributed by atoms with Gasteiger partial charge < -0.3 is 5.73 Å². The van der Waals surface area contributed by atoms with E-state index in [1.165, 1.54) is 0 Å².